The maximum absolute atomic E-state index is 12.3. The third-order valence-corrected chi connectivity index (χ3v) is 1.40. The summed E-state index contributed by atoms with van der Waals surface area (Å²) in [6.07, 6.45) is -7.25. The third kappa shape index (κ3) is 3.43. The minimum absolute atomic E-state index is 0.923. The van der Waals surface area contributed by atoms with Gasteiger partial charge in [-0.15, -0.1) is 0 Å². The van der Waals surface area contributed by atoms with Gasteiger partial charge >= 0.3 is 12.1 Å². The van der Waals surface area contributed by atoms with Crippen molar-refractivity contribution in [3.63, 3.8) is 0 Å². The van der Waals surface area contributed by atoms with Crippen LogP contribution in [-0.2, 0) is 0 Å². The largest absolute Gasteiger partial charge is 0.453 e. The number of nitrogens with two attached hydrogens (primary N) is 1. The number of alkyl halides is 5. The molecule has 0 aliphatic heterocycles. The van der Waals surface area contributed by atoms with Crippen molar-refractivity contribution in [3.05, 3.63) is 0 Å². The molecule has 3 N–H and O–H groups in total. The van der Waals surface area contributed by atoms with E-state index in [0.29, 0.717) is 0 Å². The number of rotatable bonds is 3. The van der Waals surface area contributed by atoms with E-state index in [4.69, 9.17) is 10.8 Å². The molecular formula is C6H10F5NO. The highest BCUT2D eigenvalue weighted by molar-refractivity contribution is 4.88. The van der Waals surface area contributed by atoms with Crippen LogP contribution in [0.1, 0.15) is 13.3 Å². The van der Waals surface area contributed by atoms with Crippen LogP contribution < -0.4 is 5.73 Å². The molecule has 7 heteroatoms. The predicted octanol–water partition coefficient (Wildman–Crippen LogP) is 1.28. The Balaban J connectivity index is 4.52. The van der Waals surface area contributed by atoms with Gasteiger partial charge in [0.05, 0.1) is 6.61 Å². The van der Waals surface area contributed by atoms with E-state index in [-0.39, 0.29) is 0 Å². The Labute approximate surface area is 71.5 Å². The van der Waals surface area contributed by atoms with Crippen molar-refractivity contribution < 1.29 is 27.1 Å². The quantitative estimate of drug-likeness (QED) is 0.685. The summed E-state index contributed by atoms with van der Waals surface area (Å²) in [5.74, 6) is -4.86. The number of aliphatic hydroxyl groups excluding tert-OH is 1. The predicted molar refractivity (Wildman–Crippen MR) is 35.3 cm³/mol. The van der Waals surface area contributed by atoms with E-state index in [1.165, 1.54) is 0 Å². The van der Waals surface area contributed by atoms with Gasteiger partial charge in [0, 0.05) is 12.0 Å². The van der Waals surface area contributed by atoms with E-state index in [2.05, 4.69) is 0 Å². The maximum Gasteiger partial charge on any atom is 0.453 e. The molecule has 0 saturated carbocycles. The Morgan fingerprint density at radius 2 is 1.54 bits per heavy atom. The summed E-state index contributed by atoms with van der Waals surface area (Å²) in [4.78, 5) is 0. The third-order valence-electron chi connectivity index (χ3n) is 1.40. The van der Waals surface area contributed by atoms with Crippen LogP contribution >= 0.6 is 0 Å². The topological polar surface area (TPSA) is 46.2 Å². The molecular weight excluding hydrogens is 197 g/mol. The van der Waals surface area contributed by atoms with E-state index < -0.39 is 30.7 Å². The molecule has 0 fully saturated rings. The van der Waals surface area contributed by atoms with Gasteiger partial charge in [-0.3, -0.25) is 0 Å². The highest BCUT2D eigenvalue weighted by Gasteiger charge is 2.59. The van der Waals surface area contributed by atoms with Crippen LogP contribution in [0.2, 0.25) is 0 Å². The second-order valence-corrected chi connectivity index (χ2v) is 3.19. The molecule has 1 unspecified atom stereocenters. The molecule has 0 aromatic carbocycles. The summed E-state index contributed by atoms with van der Waals surface area (Å²) in [5, 5.41) is 8.40. The Hall–Kier alpha value is -0.430. The van der Waals surface area contributed by atoms with Crippen LogP contribution in [0.25, 0.3) is 0 Å². The van der Waals surface area contributed by atoms with Gasteiger partial charge in [0.15, 0.2) is 0 Å². The zero-order valence-electron chi connectivity index (χ0n) is 6.83. The van der Waals surface area contributed by atoms with E-state index in [9.17, 15) is 22.0 Å². The van der Waals surface area contributed by atoms with Gasteiger partial charge in [0.25, 0.3) is 0 Å². The lowest BCUT2D eigenvalue weighted by molar-refractivity contribution is -0.289. The number of hydrogen-bond acceptors (Lipinski definition) is 2. The van der Waals surface area contributed by atoms with E-state index in [1.54, 1.807) is 0 Å². The molecule has 13 heavy (non-hydrogen) atoms. The first-order valence-corrected chi connectivity index (χ1v) is 3.36. The highest BCUT2D eigenvalue weighted by atomic mass is 19.4. The van der Waals surface area contributed by atoms with Crippen molar-refractivity contribution in [2.75, 3.05) is 6.61 Å². The van der Waals surface area contributed by atoms with Crippen molar-refractivity contribution >= 4 is 0 Å². The van der Waals surface area contributed by atoms with Crippen molar-refractivity contribution in [1.29, 1.82) is 0 Å². The molecule has 0 aliphatic carbocycles. The van der Waals surface area contributed by atoms with E-state index in [0.717, 1.165) is 6.92 Å². The molecule has 0 aromatic heterocycles. The molecule has 0 bridgehead atoms. The SMILES string of the molecule is CC(N)(CO)CC(F)(F)C(F)(F)F. The Kier molecular flexibility index (Phi) is 3.26. The lowest BCUT2D eigenvalue weighted by Gasteiger charge is -2.28. The van der Waals surface area contributed by atoms with Crippen molar-refractivity contribution in [2.24, 2.45) is 5.73 Å². The fraction of sp³-hybridized carbons (Fsp3) is 1.00. The van der Waals surface area contributed by atoms with Crippen molar-refractivity contribution in [3.8, 4) is 0 Å². The molecule has 80 valence electrons. The van der Waals surface area contributed by atoms with Crippen molar-refractivity contribution in [1.82, 2.24) is 0 Å². The van der Waals surface area contributed by atoms with Crippen LogP contribution in [-0.4, -0.2) is 29.4 Å². The Morgan fingerprint density at radius 3 is 1.77 bits per heavy atom. The van der Waals surface area contributed by atoms with Gasteiger partial charge in [-0.05, 0) is 6.92 Å². The van der Waals surface area contributed by atoms with E-state index in [1.807, 2.05) is 0 Å². The van der Waals surface area contributed by atoms with Crippen LogP contribution in [0, 0.1) is 0 Å². The Morgan fingerprint density at radius 1 is 1.15 bits per heavy atom. The number of aliphatic hydroxyl groups is 1. The summed E-state index contributed by atoms with van der Waals surface area (Å²) in [7, 11) is 0. The molecule has 0 saturated heterocycles. The minimum atomic E-state index is -5.62. The average Bonchev–Trinajstić information content (AvgIpc) is 1.83. The molecule has 0 rings (SSSR count). The second kappa shape index (κ2) is 3.38. The Bertz CT molecular complexity index is 176. The summed E-state index contributed by atoms with van der Waals surface area (Å²) in [5.41, 5.74) is 3.04. The first-order chi connectivity index (χ1) is 5.52. The zero-order chi connectivity index (χ0) is 10.9. The first-order valence-electron chi connectivity index (χ1n) is 3.36. The van der Waals surface area contributed by atoms with Gasteiger partial charge in [-0.1, -0.05) is 0 Å². The highest BCUT2D eigenvalue weighted by Crippen LogP contribution is 2.40. The maximum atomic E-state index is 12.3. The van der Waals surface area contributed by atoms with Gasteiger partial charge in [-0.25, -0.2) is 0 Å². The lowest BCUT2D eigenvalue weighted by Crippen LogP contribution is -2.50. The second-order valence-electron chi connectivity index (χ2n) is 3.19. The fourth-order valence-electron chi connectivity index (χ4n) is 0.663. The molecule has 0 heterocycles. The molecule has 0 spiro atoms. The summed E-state index contributed by atoms with van der Waals surface area (Å²) >= 11 is 0. The van der Waals surface area contributed by atoms with Crippen LogP contribution in [0.3, 0.4) is 0 Å². The van der Waals surface area contributed by atoms with Crippen LogP contribution in [0.15, 0.2) is 0 Å². The molecule has 1 atom stereocenters. The van der Waals surface area contributed by atoms with E-state index >= 15 is 0 Å². The molecule has 0 radical (unpaired) electrons. The molecule has 0 amide bonds. The van der Waals surface area contributed by atoms with Crippen LogP contribution in [0.4, 0.5) is 22.0 Å². The lowest BCUT2D eigenvalue weighted by atomic mass is 9.96. The van der Waals surface area contributed by atoms with Gasteiger partial charge in [0.2, 0.25) is 0 Å². The summed E-state index contributed by atoms with van der Waals surface area (Å²) in [6, 6.07) is 0. The monoisotopic (exact) mass is 207 g/mol. The average molecular weight is 207 g/mol. The standard InChI is InChI=1S/C6H10F5NO/c1-4(12,3-13)2-5(7,8)6(9,10)11/h13H,2-3,12H2,1H3. The van der Waals surface area contributed by atoms with Crippen LogP contribution in [0.5, 0.6) is 0 Å². The normalized spacial score (nSPS) is 18.5. The summed E-state index contributed by atoms with van der Waals surface area (Å²) < 4.78 is 59.4. The van der Waals surface area contributed by atoms with Gasteiger partial charge in [-0.2, -0.15) is 22.0 Å². The summed E-state index contributed by atoms with van der Waals surface area (Å²) in [6.45, 7) is -0.00861. The fourth-order valence-corrected chi connectivity index (χ4v) is 0.663. The smallest absolute Gasteiger partial charge is 0.394 e. The zero-order valence-corrected chi connectivity index (χ0v) is 6.83. The van der Waals surface area contributed by atoms with Crippen molar-refractivity contribution in [2.45, 2.75) is 31.0 Å². The molecule has 0 aliphatic rings. The molecule has 2 nitrogen and oxygen atoms in total. The minimum Gasteiger partial charge on any atom is -0.394 e. The number of halogens is 5. The first kappa shape index (κ1) is 12.6. The molecule has 0 aromatic rings. The number of hydrogen-bond donors (Lipinski definition) is 2. The van der Waals surface area contributed by atoms with Gasteiger partial charge in [0.1, 0.15) is 0 Å². The van der Waals surface area contributed by atoms with Gasteiger partial charge < -0.3 is 10.8 Å².